The van der Waals surface area contributed by atoms with Crippen LogP contribution >= 0.6 is 46.9 Å². The number of nitrogens with zero attached hydrogens (tertiary/aromatic N) is 3. The van der Waals surface area contributed by atoms with Crippen LogP contribution < -0.4 is 10.6 Å². The fourth-order valence-corrected chi connectivity index (χ4v) is 3.60. The molecule has 0 radical (unpaired) electrons. The van der Waals surface area contributed by atoms with Crippen molar-refractivity contribution in [1.29, 1.82) is 0 Å². The molecule has 2 aromatic heterocycles. The van der Waals surface area contributed by atoms with E-state index in [2.05, 4.69) is 25.8 Å². The quantitative estimate of drug-likeness (QED) is 0.218. The minimum absolute atomic E-state index is 0. The van der Waals surface area contributed by atoms with Crippen LogP contribution in [0.2, 0.25) is 5.02 Å². The van der Waals surface area contributed by atoms with Crippen LogP contribution in [0.5, 0.6) is 0 Å². The Balaban J connectivity index is 0.00000320. The summed E-state index contributed by atoms with van der Waals surface area (Å²) in [6.45, 7) is 5.27. The summed E-state index contributed by atoms with van der Waals surface area (Å²) in [5.41, 5.74) is 0.660. The van der Waals surface area contributed by atoms with Gasteiger partial charge in [0.15, 0.2) is 5.96 Å². The van der Waals surface area contributed by atoms with Crippen molar-refractivity contribution in [2.75, 3.05) is 19.6 Å². The summed E-state index contributed by atoms with van der Waals surface area (Å²) in [4.78, 5) is 8.91. The Labute approximate surface area is 202 Å². The average molecular weight is 562 g/mol. The van der Waals surface area contributed by atoms with Gasteiger partial charge in [0.1, 0.15) is 5.60 Å². The summed E-state index contributed by atoms with van der Waals surface area (Å²) >= 11 is 7.56. The van der Waals surface area contributed by atoms with Crippen molar-refractivity contribution in [1.82, 2.24) is 20.8 Å². The number of aromatic nitrogens is 2. The molecule has 3 rings (SSSR count). The Morgan fingerprint density at radius 3 is 2.87 bits per heavy atom. The molecule has 7 nitrogen and oxygen atoms in total. The number of nitrogens with one attached hydrogen (secondary N) is 2. The van der Waals surface area contributed by atoms with E-state index < -0.39 is 5.60 Å². The molecule has 0 aliphatic rings. The van der Waals surface area contributed by atoms with Gasteiger partial charge in [-0.2, -0.15) is 16.3 Å². The van der Waals surface area contributed by atoms with Crippen molar-refractivity contribution in [3.8, 4) is 11.4 Å². The van der Waals surface area contributed by atoms with Crippen molar-refractivity contribution in [2.24, 2.45) is 4.99 Å². The summed E-state index contributed by atoms with van der Waals surface area (Å²) < 4.78 is 5.32. The Hall–Kier alpha value is -1.69. The van der Waals surface area contributed by atoms with Crippen LogP contribution in [0.25, 0.3) is 11.4 Å². The summed E-state index contributed by atoms with van der Waals surface area (Å²) in [7, 11) is 0. The number of thiophene rings is 1. The molecular formula is C20H25ClIN5O2S. The van der Waals surface area contributed by atoms with Gasteiger partial charge in [-0.05, 0) is 48.4 Å². The first kappa shape index (κ1) is 24.6. The van der Waals surface area contributed by atoms with E-state index >= 15 is 0 Å². The number of hydrogen-bond donors (Lipinski definition) is 3. The van der Waals surface area contributed by atoms with E-state index in [1.807, 2.05) is 35.9 Å². The van der Waals surface area contributed by atoms with E-state index in [-0.39, 0.29) is 30.5 Å². The predicted molar refractivity (Wildman–Crippen MR) is 132 cm³/mol. The van der Waals surface area contributed by atoms with Crippen LogP contribution in [0, 0.1) is 0 Å². The molecule has 1 unspecified atom stereocenters. The topological polar surface area (TPSA) is 95.6 Å². The highest BCUT2D eigenvalue weighted by Gasteiger charge is 2.23. The maximum absolute atomic E-state index is 10.6. The fraction of sp³-hybridized carbons (Fsp3) is 0.350. The molecular weight excluding hydrogens is 537 g/mol. The standard InChI is InChI=1S/C20H24ClN5O2S.HI/c1-3-22-19(24-13-20(2,27)15-8-10-29-12-15)23-9-7-17-25-18(26-28-17)14-5-4-6-16(21)11-14;/h4-6,8,10-12,27H,3,7,9,13H2,1-2H3,(H2,22,23,24);1H. The molecule has 0 bridgehead atoms. The number of rotatable bonds is 8. The first-order valence-corrected chi connectivity index (χ1v) is 10.7. The largest absolute Gasteiger partial charge is 0.383 e. The lowest BCUT2D eigenvalue weighted by atomic mass is 10.00. The smallest absolute Gasteiger partial charge is 0.228 e. The molecule has 30 heavy (non-hydrogen) atoms. The normalized spacial score (nSPS) is 13.4. The third-order valence-corrected chi connectivity index (χ3v) is 5.13. The Kier molecular flexibility index (Phi) is 9.53. The van der Waals surface area contributed by atoms with Crippen molar-refractivity contribution in [3.05, 3.63) is 57.6 Å². The Bertz CT molecular complexity index is 946. The molecule has 3 aromatic rings. The molecule has 10 heteroatoms. The van der Waals surface area contributed by atoms with E-state index in [9.17, 15) is 5.11 Å². The molecule has 0 aliphatic carbocycles. The molecule has 1 aromatic carbocycles. The second-order valence-corrected chi connectivity index (χ2v) is 7.90. The molecule has 2 heterocycles. The number of benzene rings is 1. The van der Waals surface area contributed by atoms with E-state index in [0.717, 1.165) is 11.1 Å². The fourth-order valence-electron chi connectivity index (χ4n) is 2.63. The van der Waals surface area contributed by atoms with Crippen molar-refractivity contribution >= 4 is 52.9 Å². The molecule has 0 amide bonds. The van der Waals surface area contributed by atoms with Gasteiger partial charge in [0, 0.05) is 30.1 Å². The molecule has 1 atom stereocenters. The number of guanidine groups is 1. The van der Waals surface area contributed by atoms with Gasteiger partial charge in [-0.15, -0.1) is 24.0 Å². The van der Waals surface area contributed by atoms with Gasteiger partial charge < -0.3 is 20.3 Å². The summed E-state index contributed by atoms with van der Waals surface area (Å²) in [5, 5.41) is 25.5. The zero-order valence-corrected chi connectivity index (χ0v) is 20.7. The van der Waals surface area contributed by atoms with Crippen LogP contribution in [-0.2, 0) is 12.0 Å². The zero-order chi connectivity index (χ0) is 20.7. The molecule has 0 saturated carbocycles. The Morgan fingerprint density at radius 1 is 1.33 bits per heavy atom. The summed E-state index contributed by atoms with van der Waals surface area (Å²) in [6, 6.07) is 9.23. The maximum Gasteiger partial charge on any atom is 0.228 e. The van der Waals surface area contributed by atoms with Gasteiger partial charge in [-0.3, -0.25) is 0 Å². The van der Waals surface area contributed by atoms with E-state index in [0.29, 0.717) is 42.2 Å². The third-order valence-electron chi connectivity index (χ3n) is 4.21. The number of halogens is 2. The summed E-state index contributed by atoms with van der Waals surface area (Å²) in [5.74, 6) is 1.65. The van der Waals surface area contributed by atoms with Gasteiger partial charge in [0.25, 0.3) is 0 Å². The van der Waals surface area contributed by atoms with Crippen molar-refractivity contribution < 1.29 is 9.63 Å². The number of aliphatic imine (C=N–C) groups is 1. The minimum atomic E-state index is -1.01. The lowest BCUT2D eigenvalue weighted by Crippen LogP contribution is -2.39. The van der Waals surface area contributed by atoms with Gasteiger partial charge in [-0.1, -0.05) is 28.9 Å². The highest BCUT2D eigenvalue weighted by Crippen LogP contribution is 2.23. The number of hydrogen-bond acceptors (Lipinski definition) is 6. The van der Waals surface area contributed by atoms with Gasteiger partial charge in [0.05, 0.1) is 6.54 Å². The molecule has 0 fully saturated rings. The third kappa shape index (κ3) is 6.93. The molecule has 0 spiro atoms. The van der Waals surface area contributed by atoms with Crippen LogP contribution in [-0.4, -0.2) is 40.8 Å². The van der Waals surface area contributed by atoms with E-state index in [1.165, 1.54) is 0 Å². The van der Waals surface area contributed by atoms with E-state index in [1.54, 1.807) is 30.4 Å². The lowest BCUT2D eigenvalue weighted by molar-refractivity contribution is 0.0677. The zero-order valence-electron chi connectivity index (χ0n) is 16.8. The predicted octanol–water partition coefficient (Wildman–Crippen LogP) is 4.07. The molecule has 3 N–H and O–H groups in total. The van der Waals surface area contributed by atoms with Gasteiger partial charge in [-0.25, -0.2) is 4.99 Å². The van der Waals surface area contributed by atoms with Crippen LogP contribution in [0.3, 0.4) is 0 Å². The molecule has 0 saturated heterocycles. The molecule has 0 aliphatic heterocycles. The summed E-state index contributed by atoms with van der Waals surface area (Å²) in [6.07, 6.45) is 0.541. The van der Waals surface area contributed by atoms with E-state index in [4.69, 9.17) is 16.1 Å². The van der Waals surface area contributed by atoms with Crippen LogP contribution in [0.4, 0.5) is 0 Å². The molecule has 162 valence electrons. The Morgan fingerprint density at radius 2 is 2.17 bits per heavy atom. The monoisotopic (exact) mass is 561 g/mol. The minimum Gasteiger partial charge on any atom is -0.383 e. The first-order valence-electron chi connectivity index (χ1n) is 9.33. The lowest BCUT2D eigenvalue weighted by Gasteiger charge is -2.21. The first-order chi connectivity index (χ1) is 14.0. The maximum atomic E-state index is 10.6. The average Bonchev–Trinajstić information content (AvgIpc) is 3.39. The SMILES string of the molecule is CCNC(=NCC(C)(O)c1ccsc1)NCCc1nc(-c2cccc(Cl)c2)no1.I. The second kappa shape index (κ2) is 11.6. The van der Waals surface area contributed by atoms with Crippen LogP contribution in [0.1, 0.15) is 25.3 Å². The second-order valence-electron chi connectivity index (χ2n) is 6.68. The highest BCUT2D eigenvalue weighted by molar-refractivity contribution is 14.0. The number of aliphatic hydroxyl groups is 1. The van der Waals surface area contributed by atoms with Crippen molar-refractivity contribution in [3.63, 3.8) is 0 Å². The van der Waals surface area contributed by atoms with Crippen LogP contribution in [0.15, 0.2) is 50.6 Å². The highest BCUT2D eigenvalue weighted by atomic mass is 127. The van der Waals surface area contributed by atoms with Gasteiger partial charge in [0.2, 0.25) is 11.7 Å². The van der Waals surface area contributed by atoms with Crippen molar-refractivity contribution in [2.45, 2.75) is 25.9 Å². The van der Waals surface area contributed by atoms with Gasteiger partial charge >= 0.3 is 0 Å².